The Morgan fingerprint density at radius 1 is 1.35 bits per heavy atom. The van der Waals surface area contributed by atoms with Gasteiger partial charge in [-0.05, 0) is 44.9 Å². The van der Waals surface area contributed by atoms with Crippen molar-refractivity contribution in [3.8, 4) is 0 Å². The van der Waals surface area contributed by atoms with Crippen LogP contribution in [0.15, 0.2) is 30.3 Å². The van der Waals surface area contributed by atoms with Gasteiger partial charge in [-0.3, -0.25) is 4.90 Å². The summed E-state index contributed by atoms with van der Waals surface area (Å²) in [4.78, 5) is 7.18. The summed E-state index contributed by atoms with van der Waals surface area (Å²) in [6, 6.07) is 11.2. The lowest BCUT2D eigenvalue weighted by molar-refractivity contribution is 0.227. The molecule has 1 aromatic carbocycles. The number of para-hydroxylation sites is 1. The average molecular weight is 269 g/mol. The molecule has 3 nitrogen and oxygen atoms in total. The van der Waals surface area contributed by atoms with Crippen molar-refractivity contribution in [1.29, 1.82) is 0 Å². The van der Waals surface area contributed by atoms with E-state index in [1.807, 2.05) is 13.1 Å². The van der Waals surface area contributed by atoms with Gasteiger partial charge in [0.2, 0.25) is 0 Å². The molecule has 0 bridgehead atoms. The van der Waals surface area contributed by atoms with Crippen LogP contribution in [0.4, 0.5) is 5.82 Å². The Hall–Kier alpha value is -1.61. The quantitative estimate of drug-likeness (QED) is 0.900. The van der Waals surface area contributed by atoms with Crippen LogP contribution >= 0.6 is 0 Å². The van der Waals surface area contributed by atoms with Crippen LogP contribution in [-0.2, 0) is 6.54 Å². The Morgan fingerprint density at radius 3 is 2.80 bits per heavy atom. The summed E-state index contributed by atoms with van der Waals surface area (Å²) in [5.41, 5.74) is 2.33. The van der Waals surface area contributed by atoms with E-state index in [0.29, 0.717) is 6.04 Å². The van der Waals surface area contributed by atoms with Crippen LogP contribution in [-0.4, -0.2) is 30.0 Å². The number of hydrogen-bond donors (Lipinski definition) is 1. The normalized spacial score (nSPS) is 16.6. The Labute approximate surface area is 121 Å². The second kappa shape index (κ2) is 5.41. The van der Waals surface area contributed by atoms with E-state index in [0.717, 1.165) is 23.8 Å². The summed E-state index contributed by atoms with van der Waals surface area (Å²) in [5, 5.41) is 4.46. The number of nitrogens with zero attached hydrogens (tertiary/aromatic N) is 2. The third kappa shape index (κ3) is 2.63. The molecule has 0 amide bonds. The van der Waals surface area contributed by atoms with Crippen LogP contribution in [0.2, 0.25) is 0 Å². The van der Waals surface area contributed by atoms with Crippen molar-refractivity contribution in [2.45, 2.75) is 32.4 Å². The lowest BCUT2D eigenvalue weighted by atomic mass is 10.1. The molecule has 1 N–H and O–H groups in total. The van der Waals surface area contributed by atoms with Gasteiger partial charge in [-0.1, -0.05) is 18.2 Å². The maximum Gasteiger partial charge on any atom is 0.130 e. The predicted molar refractivity (Wildman–Crippen MR) is 84.9 cm³/mol. The summed E-state index contributed by atoms with van der Waals surface area (Å²) in [6.45, 7) is 3.29. The Bertz CT molecular complexity index is 604. The third-order valence-corrected chi connectivity index (χ3v) is 4.46. The molecule has 0 radical (unpaired) electrons. The summed E-state index contributed by atoms with van der Waals surface area (Å²) in [5.74, 6) is 1.89. The molecule has 1 fully saturated rings. The minimum absolute atomic E-state index is 0.658. The minimum atomic E-state index is 0.658. The minimum Gasteiger partial charge on any atom is -0.373 e. The van der Waals surface area contributed by atoms with E-state index in [1.54, 1.807) is 0 Å². The van der Waals surface area contributed by atoms with Gasteiger partial charge >= 0.3 is 0 Å². The van der Waals surface area contributed by atoms with Gasteiger partial charge in [-0.25, -0.2) is 4.98 Å². The summed E-state index contributed by atoms with van der Waals surface area (Å²) < 4.78 is 0. The summed E-state index contributed by atoms with van der Waals surface area (Å²) in [6.07, 6.45) is 2.78. The van der Waals surface area contributed by atoms with Crippen LogP contribution in [0.5, 0.6) is 0 Å². The van der Waals surface area contributed by atoms with Gasteiger partial charge in [0.1, 0.15) is 5.82 Å². The number of hydrogen-bond acceptors (Lipinski definition) is 3. The fraction of sp³-hybridized carbons (Fsp3) is 0.471. The topological polar surface area (TPSA) is 28.2 Å². The van der Waals surface area contributed by atoms with Gasteiger partial charge in [0.05, 0.1) is 5.52 Å². The zero-order chi connectivity index (χ0) is 14.1. The highest BCUT2D eigenvalue weighted by Crippen LogP contribution is 2.35. The standard InChI is InChI=1S/C17H23N3/c1-12(13-8-9-13)20(3)11-15-10-14-6-4-5-7-16(14)19-17(15)18-2/h4-7,10,12-13H,8-9,11H2,1-3H3,(H,18,19). The maximum atomic E-state index is 4.73. The summed E-state index contributed by atoms with van der Waals surface area (Å²) >= 11 is 0. The Morgan fingerprint density at radius 2 is 2.10 bits per heavy atom. The molecular weight excluding hydrogens is 246 g/mol. The average Bonchev–Trinajstić information content (AvgIpc) is 3.30. The fourth-order valence-electron chi connectivity index (χ4n) is 2.85. The lowest BCUT2D eigenvalue weighted by Crippen LogP contribution is -2.30. The fourth-order valence-corrected chi connectivity index (χ4v) is 2.85. The first-order valence-corrected chi connectivity index (χ1v) is 7.45. The molecule has 0 aliphatic heterocycles. The number of benzene rings is 1. The van der Waals surface area contributed by atoms with E-state index >= 15 is 0 Å². The van der Waals surface area contributed by atoms with E-state index in [9.17, 15) is 0 Å². The molecule has 1 aliphatic rings. The molecule has 3 heteroatoms. The molecule has 1 unspecified atom stereocenters. The molecule has 2 aromatic rings. The lowest BCUT2D eigenvalue weighted by Gasteiger charge is -2.25. The second-order valence-electron chi connectivity index (χ2n) is 5.93. The summed E-state index contributed by atoms with van der Waals surface area (Å²) in [7, 11) is 4.17. The van der Waals surface area contributed by atoms with Crippen molar-refractivity contribution in [2.24, 2.45) is 5.92 Å². The molecule has 1 aliphatic carbocycles. The van der Waals surface area contributed by atoms with Gasteiger partial charge < -0.3 is 5.32 Å². The predicted octanol–water partition coefficient (Wildman–Crippen LogP) is 3.51. The number of nitrogens with one attached hydrogen (secondary N) is 1. The molecule has 0 spiro atoms. The SMILES string of the molecule is CNc1nc2ccccc2cc1CN(C)C(C)C1CC1. The van der Waals surface area contributed by atoms with Crippen LogP contribution in [0.25, 0.3) is 10.9 Å². The monoisotopic (exact) mass is 269 g/mol. The van der Waals surface area contributed by atoms with E-state index in [1.165, 1.54) is 23.8 Å². The third-order valence-electron chi connectivity index (χ3n) is 4.46. The zero-order valence-corrected chi connectivity index (χ0v) is 12.6. The van der Waals surface area contributed by atoms with E-state index in [2.05, 4.69) is 48.5 Å². The molecule has 1 atom stereocenters. The molecule has 106 valence electrons. The van der Waals surface area contributed by atoms with Gasteiger partial charge in [0.25, 0.3) is 0 Å². The first-order chi connectivity index (χ1) is 9.69. The van der Waals surface area contributed by atoms with Crippen molar-refractivity contribution in [3.05, 3.63) is 35.9 Å². The number of fused-ring (bicyclic) bond motifs is 1. The molecule has 1 saturated carbocycles. The molecule has 3 rings (SSSR count). The van der Waals surface area contributed by atoms with Crippen molar-refractivity contribution >= 4 is 16.7 Å². The van der Waals surface area contributed by atoms with Gasteiger partial charge in [-0.2, -0.15) is 0 Å². The van der Waals surface area contributed by atoms with Crippen LogP contribution in [0.1, 0.15) is 25.3 Å². The van der Waals surface area contributed by atoms with Gasteiger partial charge in [-0.15, -0.1) is 0 Å². The van der Waals surface area contributed by atoms with Crippen molar-refractivity contribution in [2.75, 3.05) is 19.4 Å². The smallest absolute Gasteiger partial charge is 0.130 e. The Kier molecular flexibility index (Phi) is 3.62. The number of pyridine rings is 1. The highest BCUT2D eigenvalue weighted by molar-refractivity contribution is 5.81. The maximum absolute atomic E-state index is 4.73. The zero-order valence-electron chi connectivity index (χ0n) is 12.6. The van der Waals surface area contributed by atoms with Crippen molar-refractivity contribution < 1.29 is 0 Å². The molecular formula is C17H23N3. The second-order valence-corrected chi connectivity index (χ2v) is 5.93. The molecule has 0 saturated heterocycles. The molecule has 20 heavy (non-hydrogen) atoms. The van der Waals surface area contributed by atoms with E-state index in [-0.39, 0.29) is 0 Å². The Balaban J connectivity index is 1.88. The van der Waals surface area contributed by atoms with Gasteiger partial charge in [0, 0.05) is 30.6 Å². The van der Waals surface area contributed by atoms with Crippen LogP contribution < -0.4 is 5.32 Å². The highest BCUT2D eigenvalue weighted by Gasteiger charge is 2.30. The first-order valence-electron chi connectivity index (χ1n) is 7.45. The van der Waals surface area contributed by atoms with Gasteiger partial charge in [0.15, 0.2) is 0 Å². The number of rotatable bonds is 5. The van der Waals surface area contributed by atoms with Crippen LogP contribution in [0.3, 0.4) is 0 Å². The van der Waals surface area contributed by atoms with Crippen LogP contribution in [0, 0.1) is 5.92 Å². The highest BCUT2D eigenvalue weighted by atomic mass is 15.1. The van der Waals surface area contributed by atoms with E-state index in [4.69, 9.17) is 4.98 Å². The van der Waals surface area contributed by atoms with E-state index < -0.39 is 0 Å². The number of anilines is 1. The number of aromatic nitrogens is 1. The first kappa shape index (κ1) is 13.4. The molecule has 1 heterocycles. The molecule has 1 aromatic heterocycles. The largest absolute Gasteiger partial charge is 0.373 e. The van der Waals surface area contributed by atoms with Crippen molar-refractivity contribution in [3.63, 3.8) is 0 Å². The van der Waals surface area contributed by atoms with Crippen molar-refractivity contribution in [1.82, 2.24) is 9.88 Å².